The molecule has 1 saturated heterocycles. The topological polar surface area (TPSA) is 89.5 Å². The van der Waals surface area contributed by atoms with Crippen LogP contribution in [0.1, 0.15) is 47.5 Å². The molecule has 0 unspecified atom stereocenters. The summed E-state index contributed by atoms with van der Waals surface area (Å²) >= 11 is 0. The Morgan fingerprint density at radius 2 is 1.68 bits per heavy atom. The van der Waals surface area contributed by atoms with Crippen molar-refractivity contribution >= 4 is 21.7 Å². The van der Waals surface area contributed by atoms with Gasteiger partial charge in [-0.1, -0.05) is 13.8 Å². The molecule has 0 atom stereocenters. The molecule has 1 aliphatic rings. The largest absolute Gasteiger partial charge is 0.459 e. The lowest BCUT2D eigenvalue weighted by Crippen LogP contribution is -2.53. The molecule has 0 aromatic rings. The van der Waals surface area contributed by atoms with E-state index in [1.54, 1.807) is 20.8 Å². The van der Waals surface area contributed by atoms with Gasteiger partial charge in [0.1, 0.15) is 20.9 Å². The highest BCUT2D eigenvalue weighted by molar-refractivity contribution is 7.91. The van der Waals surface area contributed by atoms with Crippen molar-refractivity contribution in [2.75, 3.05) is 18.1 Å². The third-order valence-electron chi connectivity index (χ3n) is 3.57. The minimum Gasteiger partial charge on any atom is -0.459 e. The molecule has 22 heavy (non-hydrogen) atoms. The van der Waals surface area contributed by atoms with E-state index in [9.17, 15) is 18.0 Å². The summed E-state index contributed by atoms with van der Waals surface area (Å²) in [7, 11) is -3.18. The second-order valence-electron chi connectivity index (χ2n) is 7.34. The zero-order chi connectivity index (χ0) is 17.2. The molecule has 1 heterocycles. The van der Waals surface area contributed by atoms with Crippen LogP contribution in [0.25, 0.3) is 0 Å². The van der Waals surface area contributed by atoms with E-state index >= 15 is 0 Å². The number of nitrogens with one attached hydrogen (secondary N) is 1. The molecule has 1 aliphatic heterocycles. The van der Waals surface area contributed by atoms with Crippen LogP contribution in [0.3, 0.4) is 0 Å². The average molecular weight is 333 g/mol. The van der Waals surface area contributed by atoms with E-state index < -0.39 is 32.7 Å². The zero-order valence-electron chi connectivity index (χ0n) is 14.1. The number of ether oxygens (including phenoxy) is 1. The first-order chi connectivity index (χ1) is 9.88. The number of amides is 1. The van der Waals surface area contributed by atoms with Crippen LogP contribution in [0.5, 0.6) is 0 Å². The normalized spacial score (nSPS) is 20.5. The highest BCUT2D eigenvalue weighted by Crippen LogP contribution is 2.35. The maximum absolute atomic E-state index is 12.6. The van der Waals surface area contributed by atoms with Gasteiger partial charge < -0.3 is 10.1 Å². The molecule has 0 bridgehead atoms. The Labute approximate surface area is 132 Å². The van der Waals surface area contributed by atoms with Crippen LogP contribution >= 0.6 is 0 Å². The second-order valence-corrected chi connectivity index (χ2v) is 9.64. The Hall–Kier alpha value is -1.11. The van der Waals surface area contributed by atoms with Crippen molar-refractivity contribution in [3.05, 3.63) is 0 Å². The SMILES string of the molecule is CC(C)CNC(=O)C1(C(=O)OC(C)(C)C)CCS(=O)(=O)CC1. The van der Waals surface area contributed by atoms with Gasteiger partial charge in [-0.25, -0.2) is 8.42 Å². The van der Waals surface area contributed by atoms with Crippen molar-refractivity contribution < 1.29 is 22.7 Å². The molecular weight excluding hydrogens is 306 g/mol. The van der Waals surface area contributed by atoms with Crippen molar-refractivity contribution in [2.45, 2.75) is 53.1 Å². The van der Waals surface area contributed by atoms with Gasteiger partial charge in [-0.3, -0.25) is 9.59 Å². The molecule has 6 nitrogen and oxygen atoms in total. The summed E-state index contributed by atoms with van der Waals surface area (Å²) in [5.74, 6) is -1.14. The Kier molecular flexibility index (Phi) is 5.65. The van der Waals surface area contributed by atoms with Crippen molar-refractivity contribution in [2.24, 2.45) is 11.3 Å². The maximum Gasteiger partial charge on any atom is 0.322 e. The smallest absolute Gasteiger partial charge is 0.322 e. The lowest BCUT2D eigenvalue weighted by atomic mass is 9.80. The van der Waals surface area contributed by atoms with E-state index in [2.05, 4.69) is 5.32 Å². The van der Waals surface area contributed by atoms with Gasteiger partial charge in [0.2, 0.25) is 5.91 Å². The average Bonchev–Trinajstić information content (AvgIpc) is 2.34. The van der Waals surface area contributed by atoms with Crippen LogP contribution in [0, 0.1) is 11.3 Å². The number of carbonyl (C=O) groups excluding carboxylic acids is 2. The van der Waals surface area contributed by atoms with Crippen LogP contribution in [-0.4, -0.2) is 43.9 Å². The molecule has 0 spiro atoms. The summed E-state index contributed by atoms with van der Waals surface area (Å²) in [6.07, 6.45) is -0.0393. The van der Waals surface area contributed by atoms with Gasteiger partial charge in [0.15, 0.2) is 0 Å². The molecule has 1 amide bonds. The maximum atomic E-state index is 12.6. The number of rotatable bonds is 4. The molecular formula is C15H27NO5S. The minimum atomic E-state index is -3.18. The van der Waals surface area contributed by atoms with Crippen LogP contribution in [0.2, 0.25) is 0 Å². The lowest BCUT2D eigenvalue weighted by Gasteiger charge is -2.35. The van der Waals surface area contributed by atoms with Gasteiger partial charge in [-0.15, -0.1) is 0 Å². The Morgan fingerprint density at radius 3 is 2.09 bits per heavy atom. The summed E-state index contributed by atoms with van der Waals surface area (Å²) in [5, 5.41) is 2.75. The molecule has 0 aliphatic carbocycles. The second kappa shape index (κ2) is 6.56. The monoisotopic (exact) mass is 333 g/mol. The van der Waals surface area contributed by atoms with E-state index in [0.717, 1.165) is 0 Å². The highest BCUT2D eigenvalue weighted by atomic mass is 32.2. The first kappa shape index (κ1) is 18.9. The highest BCUT2D eigenvalue weighted by Gasteiger charge is 2.51. The fraction of sp³-hybridized carbons (Fsp3) is 0.867. The standard InChI is InChI=1S/C15H27NO5S/c1-11(2)10-16-12(17)15(13(18)21-14(3,4)5)6-8-22(19,20)9-7-15/h11H,6-10H2,1-5H3,(H,16,17). The fourth-order valence-corrected chi connectivity index (χ4v) is 3.78. The number of sulfone groups is 1. The van der Waals surface area contributed by atoms with E-state index in [0.29, 0.717) is 6.54 Å². The Morgan fingerprint density at radius 1 is 1.18 bits per heavy atom. The molecule has 7 heteroatoms. The van der Waals surface area contributed by atoms with Gasteiger partial charge in [0, 0.05) is 6.54 Å². The van der Waals surface area contributed by atoms with Crippen LogP contribution in [0.4, 0.5) is 0 Å². The van der Waals surface area contributed by atoms with Crippen molar-refractivity contribution in [3.63, 3.8) is 0 Å². The fourth-order valence-electron chi connectivity index (χ4n) is 2.25. The predicted octanol–water partition coefficient (Wildman–Crippen LogP) is 1.30. The molecule has 0 aromatic heterocycles. The first-order valence-corrected chi connectivity index (χ1v) is 9.42. The summed E-state index contributed by atoms with van der Waals surface area (Å²) in [5.41, 5.74) is -2.12. The Bertz CT molecular complexity index is 517. The van der Waals surface area contributed by atoms with Gasteiger partial charge in [-0.05, 0) is 39.5 Å². The molecule has 0 aromatic carbocycles. The predicted molar refractivity (Wildman–Crippen MR) is 84.0 cm³/mol. The molecule has 1 rings (SSSR count). The van der Waals surface area contributed by atoms with Gasteiger partial charge >= 0.3 is 5.97 Å². The molecule has 128 valence electrons. The summed E-state index contributed by atoms with van der Waals surface area (Å²) in [6.45, 7) is 9.52. The third kappa shape index (κ3) is 4.97. The van der Waals surface area contributed by atoms with E-state index in [-0.39, 0.29) is 30.3 Å². The van der Waals surface area contributed by atoms with Crippen LogP contribution in [-0.2, 0) is 24.2 Å². The third-order valence-corrected chi connectivity index (χ3v) is 5.23. The summed E-state index contributed by atoms with van der Waals surface area (Å²) in [6, 6.07) is 0. The van der Waals surface area contributed by atoms with Crippen molar-refractivity contribution in [1.82, 2.24) is 5.32 Å². The van der Waals surface area contributed by atoms with Gasteiger partial charge in [0.05, 0.1) is 11.5 Å². The number of esters is 1. The number of hydrogen-bond acceptors (Lipinski definition) is 5. The van der Waals surface area contributed by atoms with E-state index in [1.165, 1.54) is 0 Å². The number of hydrogen-bond donors (Lipinski definition) is 1. The van der Waals surface area contributed by atoms with E-state index in [1.807, 2.05) is 13.8 Å². The molecule has 0 radical (unpaired) electrons. The number of carbonyl (C=O) groups is 2. The van der Waals surface area contributed by atoms with Gasteiger partial charge in [-0.2, -0.15) is 0 Å². The summed E-state index contributed by atoms with van der Waals surface area (Å²) in [4.78, 5) is 25.1. The molecule has 0 saturated carbocycles. The van der Waals surface area contributed by atoms with Gasteiger partial charge in [0.25, 0.3) is 0 Å². The van der Waals surface area contributed by atoms with Crippen LogP contribution < -0.4 is 5.32 Å². The molecule has 1 N–H and O–H groups in total. The van der Waals surface area contributed by atoms with Crippen molar-refractivity contribution in [1.29, 1.82) is 0 Å². The lowest BCUT2D eigenvalue weighted by molar-refractivity contribution is -0.171. The Balaban J connectivity index is 3.00. The van der Waals surface area contributed by atoms with Crippen molar-refractivity contribution in [3.8, 4) is 0 Å². The molecule has 1 fully saturated rings. The van der Waals surface area contributed by atoms with Crippen LogP contribution in [0.15, 0.2) is 0 Å². The summed E-state index contributed by atoms with van der Waals surface area (Å²) < 4.78 is 28.7. The first-order valence-electron chi connectivity index (χ1n) is 7.60. The zero-order valence-corrected chi connectivity index (χ0v) is 14.9. The van der Waals surface area contributed by atoms with E-state index in [4.69, 9.17) is 4.74 Å². The quantitative estimate of drug-likeness (QED) is 0.618. The minimum absolute atomic E-state index is 0.0197.